The molecule has 132 valence electrons. The van der Waals surface area contributed by atoms with Gasteiger partial charge in [-0.1, -0.05) is 25.1 Å². The molecule has 7 nitrogen and oxygen atoms in total. The van der Waals surface area contributed by atoms with Gasteiger partial charge in [0.05, 0.1) is 17.4 Å². The number of hydrogen-bond donors (Lipinski definition) is 2. The molecular formula is C19H18N4O3. The van der Waals surface area contributed by atoms with Crippen molar-refractivity contribution >= 4 is 23.0 Å². The molecule has 1 amide bonds. The van der Waals surface area contributed by atoms with E-state index in [1.54, 1.807) is 48.7 Å². The van der Waals surface area contributed by atoms with Crippen molar-refractivity contribution in [1.82, 2.24) is 15.0 Å². The van der Waals surface area contributed by atoms with Gasteiger partial charge in [-0.3, -0.25) is 14.6 Å². The second-order valence-electron chi connectivity index (χ2n) is 5.65. The fourth-order valence-corrected chi connectivity index (χ4v) is 2.71. The van der Waals surface area contributed by atoms with Crippen LogP contribution in [0.4, 0.5) is 0 Å². The van der Waals surface area contributed by atoms with Crippen molar-refractivity contribution in [3.05, 3.63) is 70.3 Å². The van der Waals surface area contributed by atoms with Crippen LogP contribution >= 0.6 is 0 Å². The smallest absolute Gasteiger partial charge is 0.280 e. The average Bonchev–Trinajstić information content (AvgIpc) is 2.66. The minimum Gasteiger partial charge on any atom is -0.506 e. The molecular weight excluding hydrogens is 332 g/mol. The Morgan fingerprint density at radius 1 is 1.27 bits per heavy atom. The molecule has 2 aromatic heterocycles. The first-order valence-electron chi connectivity index (χ1n) is 8.22. The maximum absolute atomic E-state index is 12.7. The molecule has 1 aromatic carbocycles. The first-order chi connectivity index (χ1) is 12.6. The van der Waals surface area contributed by atoms with E-state index in [0.29, 0.717) is 29.6 Å². The van der Waals surface area contributed by atoms with Gasteiger partial charge < -0.3 is 9.67 Å². The third-order valence-electron chi connectivity index (χ3n) is 3.87. The number of carbonyl (C=O) groups excluding carboxylic acids is 1. The lowest BCUT2D eigenvalue weighted by Gasteiger charge is -2.13. The van der Waals surface area contributed by atoms with E-state index in [1.165, 1.54) is 10.8 Å². The zero-order chi connectivity index (χ0) is 18.5. The van der Waals surface area contributed by atoms with Crippen molar-refractivity contribution in [3.63, 3.8) is 0 Å². The summed E-state index contributed by atoms with van der Waals surface area (Å²) in [6.45, 7) is 2.38. The molecule has 0 radical (unpaired) electrons. The fraction of sp³-hybridized carbons (Fsp3) is 0.158. The van der Waals surface area contributed by atoms with E-state index in [2.05, 4.69) is 15.5 Å². The molecule has 0 aliphatic carbocycles. The minimum absolute atomic E-state index is 0.324. The number of pyridine rings is 2. The van der Waals surface area contributed by atoms with Gasteiger partial charge in [0.1, 0.15) is 11.3 Å². The fourth-order valence-electron chi connectivity index (χ4n) is 2.71. The van der Waals surface area contributed by atoms with Crippen LogP contribution in [0.25, 0.3) is 10.9 Å². The Labute approximate surface area is 149 Å². The third-order valence-corrected chi connectivity index (χ3v) is 3.87. The molecule has 0 atom stereocenters. The predicted molar refractivity (Wildman–Crippen MR) is 99.5 cm³/mol. The van der Waals surface area contributed by atoms with Gasteiger partial charge in [0.25, 0.3) is 11.5 Å². The Kier molecular flexibility index (Phi) is 5.07. The van der Waals surface area contributed by atoms with Crippen molar-refractivity contribution in [2.45, 2.75) is 19.9 Å². The van der Waals surface area contributed by atoms with E-state index in [1.807, 2.05) is 6.92 Å². The van der Waals surface area contributed by atoms with Gasteiger partial charge in [0.15, 0.2) is 0 Å². The Bertz CT molecular complexity index is 1030. The number of para-hydroxylation sites is 1. The molecule has 2 heterocycles. The third kappa shape index (κ3) is 3.32. The normalized spacial score (nSPS) is 11.1. The molecule has 0 spiro atoms. The molecule has 7 heteroatoms. The number of hydrazone groups is 1. The van der Waals surface area contributed by atoms with Gasteiger partial charge in [-0.25, -0.2) is 5.43 Å². The summed E-state index contributed by atoms with van der Waals surface area (Å²) in [4.78, 5) is 29.3. The van der Waals surface area contributed by atoms with Crippen LogP contribution in [-0.4, -0.2) is 26.8 Å². The van der Waals surface area contributed by atoms with E-state index in [9.17, 15) is 14.7 Å². The van der Waals surface area contributed by atoms with Crippen LogP contribution in [0.3, 0.4) is 0 Å². The van der Waals surface area contributed by atoms with Crippen molar-refractivity contribution in [3.8, 4) is 5.75 Å². The Hall–Kier alpha value is -3.48. The second kappa shape index (κ2) is 7.60. The molecule has 0 saturated heterocycles. The summed E-state index contributed by atoms with van der Waals surface area (Å²) in [6, 6.07) is 12.2. The number of aromatic hydroxyl groups is 1. The predicted octanol–water partition coefficient (Wildman–Crippen LogP) is 2.28. The number of rotatable bonds is 5. The van der Waals surface area contributed by atoms with Gasteiger partial charge >= 0.3 is 0 Å². The van der Waals surface area contributed by atoms with Gasteiger partial charge in [0, 0.05) is 18.1 Å². The summed E-state index contributed by atoms with van der Waals surface area (Å²) in [7, 11) is 0. The highest BCUT2D eigenvalue weighted by Crippen LogP contribution is 2.26. The molecule has 0 aliphatic heterocycles. The van der Waals surface area contributed by atoms with Gasteiger partial charge in [0.2, 0.25) is 0 Å². The monoisotopic (exact) mass is 350 g/mol. The standard InChI is InChI=1S/C19H18N4O3/c1-2-11-23-15-9-4-3-8-14(15)17(24)16(19(23)26)18(25)22-21-12-13-7-5-6-10-20-13/h3-10,12,24H,2,11H2,1H3,(H,22,25). The zero-order valence-corrected chi connectivity index (χ0v) is 14.2. The number of aromatic nitrogens is 2. The van der Waals surface area contributed by atoms with Crippen molar-refractivity contribution in [1.29, 1.82) is 0 Å². The summed E-state index contributed by atoms with van der Waals surface area (Å²) in [5.74, 6) is -1.11. The summed E-state index contributed by atoms with van der Waals surface area (Å²) in [5.41, 5.74) is 2.55. The van der Waals surface area contributed by atoms with Crippen LogP contribution in [-0.2, 0) is 6.54 Å². The van der Waals surface area contributed by atoms with Crippen molar-refractivity contribution in [2.24, 2.45) is 5.10 Å². The number of hydrogen-bond acceptors (Lipinski definition) is 5. The molecule has 26 heavy (non-hydrogen) atoms. The van der Waals surface area contributed by atoms with E-state index < -0.39 is 11.5 Å². The molecule has 3 aromatic rings. The Morgan fingerprint density at radius 2 is 2.04 bits per heavy atom. The number of amides is 1. The van der Waals surface area contributed by atoms with Crippen molar-refractivity contribution < 1.29 is 9.90 Å². The maximum atomic E-state index is 12.7. The van der Waals surface area contributed by atoms with Gasteiger partial charge in [-0.15, -0.1) is 0 Å². The highest BCUT2D eigenvalue weighted by molar-refractivity contribution is 6.02. The number of fused-ring (bicyclic) bond motifs is 1. The lowest BCUT2D eigenvalue weighted by molar-refractivity contribution is 0.0950. The van der Waals surface area contributed by atoms with Crippen LogP contribution in [0.15, 0.2) is 58.6 Å². The molecule has 2 N–H and O–H groups in total. The molecule has 0 aliphatic rings. The minimum atomic E-state index is -0.768. The van der Waals surface area contributed by atoms with Crippen LogP contribution < -0.4 is 11.0 Å². The van der Waals surface area contributed by atoms with Gasteiger partial charge in [-0.05, 0) is 30.7 Å². The quantitative estimate of drug-likeness (QED) is 0.545. The van der Waals surface area contributed by atoms with Crippen LogP contribution in [0, 0.1) is 0 Å². The SMILES string of the molecule is CCCn1c(=O)c(C(=O)NN=Cc2ccccn2)c(O)c2ccccc21. The number of nitrogens with zero attached hydrogens (tertiary/aromatic N) is 3. The molecule has 0 fully saturated rings. The Morgan fingerprint density at radius 3 is 2.77 bits per heavy atom. The van der Waals surface area contributed by atoms with Crippen LogP contribution in [0.2, 0.25) is 0 Å². The largest absolute Gasteiger partial charge is 0.506 e. The molecule has 0 bridgehead atoms. The molecule has 0 saturated carbocycles. The number of aryl methyl sites for hydroxylation is 1. The number of benzene rings is 1. The average molecular weight is 350 g/mol. The topological polar surface area (TPSA) is 96.6 Å². The van der Waals surface area contributed by atoms with Gasteiger partial charge in [-0.2, -0.15) is 5.10 Å². The summed E-state index contributed by atoms with van der Waals surface area (Å²) in [5, 5.41) is 14.7. The summed E-state index contributed by atoms with van der Waals surface area (Å²) in [6.07, 6.45) is 3.68. The number of nitrogens with one attached hydrogen (secondary N) is 1. The van der Waals surface area contributed by atoms with E-state index in [-0.39, 0.29) is 11.3 Å². The zero-order valence-electron chi connectivity index (χ0n) is 14.2. The van der Waals surface area contributed by atoms with E-state index >= 15 is 0 Å². The molecule has 3 rings (SSSR count). The highest BCUT2D eigenvalue weighted by atomic mass is 16.3. The highest BCUT2D eigenvalue weighted by Gasteiger charge is 2.21. The first-order valence-corrected chi connectivity index (χ1v) is 8.22. The van der Waals surface area contributed by atoms with Crippen LogP contribution in [0.5, 0.6) is 5.75 Å². The molecule has 0 unspecified atom stereocenters. The van der Waals surface area contributed by atoms with E-state index in [0.717, 1.165) is 0 Å². The summed E-state index contributed by atoms with van der Waals surface area (Å²) < 4.78 is 1.49. The summed E-state index contributed by atoms with van der Waals surface area (Å²) >= 11 is 0. The van der Waals surface area contributed by atoms with Crippen LogP contribution in [0.1, 0.15) is 29.4 Å². The first kappa shape index (κ1) is 17.3. The second-order valence-corrected chi connectivity index (χ2v) is 5.65. The maximum Gasteiger partial charge on any atom is 0.280 e. The Balaban J connectivity index is 2.00. The lowest BCUT2D eigenvalue weighted by atomic mass is 10.1. The number of carbonyl (C=O) groups is 1. The van der Waals surface area contributed by atoms with E-state index in [4.69, 9.17) is 0 Å². The van der Waals surface area contributed by atoms with Crippen molar-refractivity contribution in [2.75, 3.05) is 0 Å². The lowest BCUT2D eigenvalue weighted by Crippen LogP contribution is -2.31.